The van der Waals surface area contributed by atoms with Gasteiger partial charge in [-0.25, -0.2) is 4.39 Å². The van der Waals surface area contributed by atoms with E-state index in [1.165, 1.54) is 12.1 Å². The average molecular weight is 279 g/mol. The lowest BCUT2D eigenvalue weighted by molar-refractivity contribution is 0.442. The molecule has 0 aliphatic rings. The third-order valence-corrected chi connectivity index (χ3v) is 2.86. The first-order valence-electron chi connectivity index (χ1n) is 5.55. The first kappa shape index (κ1) is 13.4. The van der Waals surface area contributed by atoms with E-state index in [4.69, 9.17) is 27.5 Å². The van der Waals surface area contributed by atoms with Crippen molar-refractivity contribution < 1.29 is 9.13 Å². The van der Waals surface area contributed by atoms with Gasteiger partial charge in [-0.2, -0.15) is 0 Å². The van der Waals surface area contributed by atoms with E-state index in [0.29, 0.717) is 16.3 Å². The molecule has 0 spiro atoms. The summed E-state index contributed by atoms with van der Waals surface area (Å²) in [5.41, 5.74) is 6.55. The molecule has 2 aromatic rings. The fourth-order valence-corrected chi connectivity index (χ4v) is 1.71. The highest BCUT2D eigenvalue weighted by molar-refractivity contribution is 6.32. The van der Waals surface area contributed by atoms with Crippen molar-refractivity contribution in [3.8, 4) is 11.5 Å². The van der Waals surface area contributed by atoms with Gasteiger partial charge in [0.25, 0.3) is 0 Å². The molecule has 0 aliphatic heterocycles. The molecule has 0 radical (unpaired) electrons. The zero-order valence-corrected chi connectivity index (χ0v) is 11.0. The maximum absolute atomic E-state index is 13.8. The Morgan fingerprint density at radius 3 is 2.58 bits per heavy atom. The molecule has 0 amide bonds. The van der Waals surface area contributed by atoms with Crippen molar-refractivity contribution in [2.75, 3.05) is 0 Å². The minimum absolute atomic E-state index is 0.0394. The maximum Gasteiger partial charge on any atom is 0.166 e. The fourth-order valence-electron chi connectivity index (χ4n) is 1.56. The second-order valence-electron chi connectivity index (χ2n) is 4.09. The second kappa shape index (κ2) is 5.28. The zero-order chi connectivity index (χ0) is 14.0. The number of halogens is 2. The number of rotatable bonds is 3. The topological polar surface area (TPSA) is 59.1 Å². The Morgan fingerprint density at radius 2 is 1.95 bits per heavy atom. The van der Waals surface area contributed by atoms with Gasteiger partial charge in [-0.05, 0) is 42.8 Å². The number of aryl methyl sites for hydroxylation is 1. The summed E-state index contributed by atoms with van der Waals surface area (Å²) in [5.74, 6) is -0.363. The van der Waals surface area contributed by atoms with Crippen molar-refractivity contribution in [3.05, 3.63) is 58.4 Å². The van der Waals surface area contributed by atoms with Crippen LogP contribution in [0.3, 0.4) is 0 Å². The van der Waals surface area contributed by atoms with Crippen LogP contribution in [0.2, 0.25) is 5.02 Å². The van der Waals surface area contributed by atoms with Crippen molar-refractivity contribution in [1.29, 1.82) is 5.41 Å². The molecular formula is C14H12ClFN2O. The molecule has 0 bridgehead atoms. The molecule has 0 saturated heterocycles. The summed E-state index contributed by atoms with van der Waals surface area (Å²) in [7, 11) is 0. The molecule has 5 heteroatoms. The standard InChI is InChI=1S/C14H12ClFN2O/c1-8-2-4-10(15)13(6-8)19-12-5-3-9(14(17)18)7-11(12)16/h2-7H,1H3,(H3,17,18). The Balaban J connectivity index is 2.33. The van der Waals surface area contributed by atoms with Gasteiger partial charge < -0.3 is 10.5 Å². The lowest BCUT2D eigenvalue weighted by Crippen LogP contribution is -2.11. The van der Waals surface area contributed by atoms with Crippen LogP contribution < -0.4 is 10.5 Å². The van der Waals surface area contributed by atoms with Crippen LogP contribution in [0.5, 0.6) is 11.5 Å². The molecular weight excluding hydrogens is 267 g/mol. The van der Waals surface area contributed by atoms with Crippen LogP contribution in [0.4, 0.5) is 4.39 Å². The lowest BCUT2D eigenvalue weighted by Gasteiger charge is -2.10. The normalized spacial score (nSPS) is 10.3. The summed E-state index contributed by atoms with van der Waals surface area (Å²) in [6.45, 7) is 1.89. The first-order valence-corrected chi connectivity index (χ1v) is 5.93. The summed E-state index contributed by atoms with van der Waals surface area (Å²) in [6.07, 6.45) is 0. The van der Waals surface area contributed by atoms with Crippen LogP contribution in [0.25, 0.3) is 0 Å². The monoisotopic (exact) mass is 278 g/mol. The summed E-state index contributed by atoms with van der Waals surface area (Å²) in [4.78, 5) is 0. The summed E-state index contributed by atoms with van der Waals surface area (Å²) in [6, 6.07) is 9.34. The largest absolute Gasteiger partial charge is 0.453 e. The van der Waals surface area contributed by atoms with Crippen molar-refractivity contribution in [2.45, 2.75) is 6.92 Å². The molecule has 0 aliphatic carbocycles. The highest BCUT2D eigenvalue weighted by Crippen LogP contribution is 2.31. The van der Waals surface area contributed by atoms with E-state index in [9.17, 15) is 4.39 Å². The smallest absolute Gasteiger partial charge is 0.166 e. The molecule has 2 rings (SSSR count). The molecule has 0 saturated carbocycles. The molecule has 3 nitrogen and oxygen atoms in total. The van der Waals surface area contributed by atoms with Gasteiger partial charge in [-0.15, -0.1) is 0 Å². The van der Waals surface area contributed by atoms with Gasteiger partial charge in [0.05, 0.1) is 5.02 Å². The van der Waals surface area contributed by atoms with E-state index in [1.807, 2.05) is 13.0 Å². The van der Waals surface area contributed by atoms with E-state index in [-0.39, 0.29) is 11.6 Å². The van der Waals surface area contributed by atoms with Gasteiger partial charge in [0, 0.05) is 5.56 Å². The fraction of sp³-hybridized carbons (Fsp3) is 0.0714. The number of ether oxygens (including phenoxy) is 1. The van der Waals surface area contributed by atoms with Gasteiger partial charge in [-0.3, -0.25) is 5.41 Å². The predicted molar refractivity (Wildman–Crippen MR) is 73.7 cm³/mol. The summed E-state index contributed by atoms with van der Waals surface area (Å²) in [5, 5.41) is 7.64. The average Bonchev–Trinajstić information content (AvgIpc) is 2.36. The number of nitrogens with one attached hydrogen (secondary N) is 1. The Labute approximate surface area is 115 Å². The van der Waals surface area contributed by atoms with Crippen molar-refractivity contribution >= 4 is 17.4 Å². The Hall–Kier alpha value is -2.07. The molecule has 0 heterocycles. The Kier molecular flexibility index (Phi) is 3.71. The second-order valence-corrected chi connectivity index (χ2v) is 4.50. The molecule has 3 N–H and O–H groups in total. The summed E-state index contributed by atoms with van der Waals surface area (Å²) >= 11 is 5.98. The van der Waals surface area contributed by atoms with Gasteiger partial charge >= 0.3 is 0 Å². The molecule has 0 unspecified atom stereocenters. The molecule has 0 aromatic heterocycles. The van der Waals surface area contributed by atoms with Crippen LogP contribution in [-0.2, 0) is 0 Å². The molecule has 98 valence electrons. The molecule has 0 fully saturated rings. The van der Waals surface area contributed by atoms with Crippen molar-refractivity contribution in [3.63, 3.8) is 0 Å². The Morgan fingerprint density at radius 1 is 1.21 bits per heavy atom. The van der Waals surface area contributed by atoms with Crippen LogP contribution in [-0.4, -0.2) is 5.84 Å². The minimum Gasteiger partial charge on any atom is -0.453 e. The van der Waals surface area contributed by atoms with Gasteiger partial charge in [0.1, 0.15) is 11.6 Å². The Bertz CT molecular complexity index is 643. The van der Waals surface area contributed by atoms with E-state index >= 15 is 0 Å². The number of benzene rings is 2. The number of hydrogen-bond acceptors (Lipinski definition) is 2. The van der Waals surface area contributed by atoms with Crippen LogP contribution in [0, 0.1) is 18.2 Å². The lowest BCUT2D eigenvalue weighted by atomic mass is 10.2. The van der Waals surface area contributed by atoms with Crippen LogP contribution in [0.1, 0.15) is 11.1 Å². The SMILES string of the molecule is Cc1ccc(Cl)c(Oc2ccc(C(=N)N)cc2F)c1. The van der Waals surface area contributed by atoms with Gasteiger partial charge in [0.2, 0.25) is 0 Å². The highest BCUT2D eigenvalue weighted by atomic mass is 35.5. The van der Waals surface area contributed by atoms with Crippen LogP contribution >= 0.6 is 11.6 Å². The van der Waals surface area contributed by atoms with Crippen LogP contribution in [0.15, 0.2) is 36.4 Å². The van der Waals surface area contributed by atoms with E-state index in [0.717, 1.165) is 11.6 Å². The van der Waals surface area contributed by atoms with E-state index < -0.39 is 5.82 Å². The van der Waals surface area contributed by atoms with Gasteiger partial charge in [0.15, 0.2) is 11.6 Å². The van der Waals surface area contributed by atoms with Crippen molar-refractivity contribution in [1.82, 2.24) is 0 Å². The quantitative estimate of drug-likeness (QED) is 0.661. The molecule has 2 aromatic carbocycles. The van der Waals surface area contributed by atoms with Crippen molar-refractivity contribution in [2.24, 2.45) is 5.73 Å². The first-order chi connectivity index (χ1) is 8.97. The number of nitrogen functional groups attached to an aromatic ring is 1. The van der Waals surface area contributed by atoms with E-state index in [2.05, 4.69) is 0 Å². The van der Waals surface area contributed by atoms with E-state index in [1.54, 1.807) is 12.1 Å². The minimum atomic E-state index is -0.592. The maximum atomic E-state index is 13.8. The van der Waals surface area contributed by atoms with Gasteiger partial charge in [-0.1, -0.05) is 17.7 Å². The number of nitrogens with two attached hydrogens (primary N) is 1. The number of amidine groups is 1. The molecule has 19 heavy (non-hydrogen) atoms. The third kappa shape index (κ3) is 3.03. The number of hydrogen-bond donors (Lipinski definition) is 2. The highest BCUT2D eigenvalue weighted by Gasteiger charge is 2.09. The zero-order valence-electron chi connectivity index (χ0n) is 10.2. The third-order valence-electron chi connectivity index (χ3n) is 2.55. The molecule has 0 atom stereocenters. The predicted octanol–water partition coefficient (Wildman–Crippen LogP) is 3.86. The summed E-state index contributed by atoms with van der Waals surface area (Å²) < 4.78 is 19.2.